The third-order valence-electron chi connectivity index (χ3n) is 5.97. The Labute approximate surface area is 157 Å². The standard InChI is InChI=1S/C20H22N2O3S/c1-24-16-4-2-3-14(11-16)17-5-6-18(26-17)22-13-20(25-19(22)23)12-21-9-7-15(20)8-10-21/h2-6,11,15H,7-10,12-13H2,1H3/t20-/m1/s1. The van der Waals surface area contributed by atoms with Gasteiger partial charge in [-0.2, -0.15) is 0 Å². The van der Waals surface area contributed by atoms with Crippen LogP contribution in [0, 0.1) is 5.92 Å². The summed E-state index contributed by atoms with van der Waals surface area (Å²) in [5.41, 5.74) is 0.791. The van der Waals surface area contributed by atoms with E-state index in [1.54, 1.807) is 18.4 Å². The molecule has 4 aliphatic heterocycles. The Bertz CT molecular complexity index is 843. The van der Waals surface area contributed by atoms with Gasteiger partial charge in [0.05, 0.1) is 13.7 Å². The first kappa shape index (κ1) is 16.1. The summed E-state index contributed by atoms with van der Waals surface area (Å²) in [6.07, 6.45) is 2.08. The van der Waals surface area contributed by atoms with Crippen molar-refractivity contribution in [2.75, 3.05) is 38.2 Å². The third-order valence-corrected chi connectivity index (χ3v) is 7.13. The fraction of sp³-hybridized carbons (Fsp3) is 0.450. The first-order valence-corrected chi connectivity index (χ1v) is 9.96. The minimum Gasteiger partial charge on any atom is -0.497 e. The fourth-order valence-electron chi connectivity index (χ4n) is 4.59. The Morgan fingerprint density at radius 2 is 2.04 bits per heavy atom. The van der Waals surface area contributed by atoms with Crippen molar-refractivity contribution in [3.8, 4) is 16.2 Å². The summed E-state index contributed by atoms with van der Waals surface area (Å²) in [4.78, 5) is 18.0. The van der Waals surface area contributed by atoms with Gasteiger partial charge in [-0.15, -0.1) is 11.3 Å². The Morgan fingerprint density at radius 1 is 1.19 bits per heavy atom. The number of piperidine rings is 3. The molecular formula is C20H22N2O3S. The van der Waals surface area contributed by atoms with Crippen LogP contribution in [0.15, 0.2) is 36.4 Å². The van der Waals surface area contributed by atoms with Crippen LogP contribution in [0.3, 0.4) is 0 Å². The van der Waals surface area contributed by atoms with Crippen LogP contribution in [0.1, 0.15) is 12.8 Å². The number of carbonyl (C=O) groups is 1. The molecule has 6 heteroatoms. The lowest BCUT2D eigenvalue weighted by Crippen LogP contribution is -2.61. The van der Waals surface area contributed by atoms with E-state index in [-0.39, 0.29) is 11.7 Å². The number of fused-ring (bicyclic) bond motifs is 2. The highest BCUT2D eigenvalue weighted by Gasteiger charge is 2.55. The number of thiophene rings is 1. The Kier molecular flexibility index (Phi) is 3.72. The number of ether oxygens (including phenoxy) is 2. The van der Waals surface area contributed by atoms with E-state index in [1.165, 1.54) is 0 Å². The van der Waals surface area contributed by atoms with Gasteiger partial charge in [0, 0.05) is 17.3 Å². The lowest BCUT2D eigenvalue weighted by atomic mass is 9.75. The molecule has 0 radical (unpaired) electrons. The number of carbonyl (C=O) groups excluding carboxylic acids is 1. The zero-order chi connectivity index (χ0) is 17.7. The molecule has 6 rings (SSSR count). The number of anilines is 1. The van der Waals surface area contributed by atoms with Crippen molar-refractivity contribution in [1.29, 1.82) is 0 Å². The van der Waals surface area contributed by atoms with Crippen LogP contribution >= 0.6 is 11.3 Å². The first-order valence-electron chi connectivity index (χ1n) is 9.14. The summed E-state index contributed by atoms with van der Waals surface area (Å²) in [7, 11) is 1.67. The molecule has 2 bridgehead atoms. The molecule has 2 aromatic rings. The van der Waals surface area contributed by atoms with Crippen LogP contribution in [0.5, 0.6) is 5.75 Å². The smallest absolute Gasteiger partial charge is 0.415 e. The quantitative estimate of drug-likeness (QED) is 0.823. The number of nitrogens with zero attached hydrogens (tertiary/aromatic N) is 2. The molecule has 1 aromatic carbocycles. The van der Waals surface area contributed by atoms with Gasteiger partial charge in [-0.1, -0.05) is 12.1 Å². The molecule has 4 saturated heterocycles. The van der Waals surface area contributed by atoms with Crippen LogP contribution in [0.4, 0.5) is 9.80 Å². The maximum atomic E-state index is 12.6. The molecule has 26 heavy (non-hydrogen) atoms. The molecule has 0 aliphatic carbocycles. The molecule has 4 aliphatic rings. The maximum absolute atomic E-state index is 12.6. The summed E-state index contributed by atoms with van der Waals surface area (Å²) >= 11 is 1.63. The minimum atomic E-state index is -0.312. The normalized spacial score (nSPS) is 30.0. The topological polar surface area (TPSA) is 42.0 Å². The van der Waals surface area contributed by atoms with E-state index in [1.807, 2.05) is 29.2 Å². The van der Waals surface area contributed by atoms with Gasteiger partial charge >= 0.3 is 6.09 Å². The highest BCUT2D eigenvalue weighted by Crippen LogP contribution is 2.45. The molecule has 1 spiro atoms. The average molecular weight is 370 g/mol. The van der Waals surface area contributed by atoms with E-state index in [2.05, 4.69) is 17.0 Å². The van der Waals surface area contributed by atoms with E-state index in [4.69, 9.17) is 9.47 Å². The highest BCUT2D eigenvalue weighted by atomic mass is 32.1. The molecule has 0 N–H and O–H groups in total. The molecule has 0 unspecified atom stereocenters. The zero-order valence-corrected chi connectivity index (χ0v) is 15.6. The number of hydrogen-bond acceptors (Lipinski definition) is 5. The van der Waals surface area contributed by atoms with Gasteiger partial charge in [-0.25, -0.2) is 4.79 Å². The number of methoxy groups -OCH3 is 1. The number of amides is 1. The van der Waals surface area contributed by atoms with Gasteiger partial charge in [0.15, 0.2) is 0 Å². The van der Waals surface area contributed by atoms with Gasteiger partial charge in [-0.05, 0) is 55.8 Å². The molecule has 1 aromatic heterocycles. The van der Waals surface area contributed by atoms with Crippen LogP contribution in [0.2, 0.25) is 0 Å². The molecular weight excluding hydrogens is 348 g/mol. The zero-order valence-electron chi connectivity index (χ0n) is 14.8. The van der Waals surface area contributed by atoms with Crippen LogP contribution in [0.25, 0.3) is 10.4 Å². The summed E-state index contributed by atoms with van der Waals surface area (Å²) in [5, 5.41) is 0.959. The lowest BCUT2D eigenvalue weighted by Gasteiger charge is -2.49. The fourth-order valence-corrected chi connectivity index (χ4v) is 5.58. The second-order valence-electron chi connectivity index (χ2n) is 7.44. The molecule has 5 nitrogen and oxygen atoms in total. The monoisotopic (exact) mass is 370 g/mol. The van der Waals surface area contributed by atoms with Crippen molar-refractivity contribution >= 4 is 22.4 Å². The summed E-state index contributed by atoms with van der Waals surface area (Å²) in [5.74, 6) is 1.34. The van der Waals surface area contributed by atoms with Crippen molar-refractivity contribution in [2.24, 2.45) is 5.92 Å². The van der Waals surface area contributed by atoms with Gasteiger partial charge in [0.1, 0.15) is 16.4 Å². The van der Waals surface area contributed by atoms with Crippen molar-refractivity contribution in [3.05, 3.63) is 36.4 Å². The number of hydrogen-bond donors (Lipinski definition) is 0. The molecule has 5 heterocycles. The Balaban J connectivity index is 1.41. The van der Waals surface area contributed by atoms with Gasteiger partial charge in [0.2, 0.25) is 0 Å². The summed E-state index contributed by atoms with van der Waals surface area (Å²) in [6.45, 7) is 3.84. The van der Waals surface area contributed by atoms with Gasteiger partial charge in [0.25, 0.3) is 0 Å². The molecule has 1 atom stereocenters. The summed E-state index contributed by atoms with van der Waals surface area (Å²) < 4.78 is 11.3. The molecule has 4 fully saturated rings. The van der Waals surface area contributed by atoms with E-state index in [0.29, 0.717) is 12.5 Å². The second kappa shape index (κ2) is 5.99. The van der Waals surface area contributed by atoms with Gasteiger partial charge < -0.3 is 9.47 Å². The number of rotatable bonds is 3. The molecule has 1 amide bonds. The highest BCUT2D eigenvalue weighted by molar-refractivity contribution is 7.19. The van der Waals surface area contributed by atoms with Gasteiger partial charge in [-0.3, -0.25) is 9.80 Å². The SMILES string of the molecule is COc1cccc(-c2ccc(N3C[C@@]4(CN5CCC4CC5)OC3=O)s2)c1. The van der Waals surface area contributed by atoms with Crippen molar-refractivity contribution in [2.45, 2.75) is 18.4 Å². The third kappa shape index (κ3) is 2.51. The predicted octanol–water partition coefficient (Wildman–Crippen LogP) is 3.84. The van der Waals surface area contributed by atoms with Crippen molar-refractivity contribution in [1.82, 2.24) is 4.90 Å². The Morgan fingerprint density at radius 3 is 2.77 bits per heavy atom. The van der Waals surface area contributed by atoms with E-state index < -0.39 is 0 Å². The summed E-state index contributed by atoms with van der Waals surface area (Å²) in [6, 6.07) is 12.1. The largest absolute Gasteiger partial charge is 0.497 e. The lowest BCUT2D eigenvalue weighted by molar-refractivity contribution is -0.0881. The predicted molar refractivity (Wildman–Crippen MR) is 102 cm³/mol. The maximum Gasteiger partial charge on any atom is 0.415 e. The molecule has 0 saturated carbocycles. The van der Waals surface area contributed by atoms with Crippen LogP contribution < -0.4 is 9.64 Å². The van der Waals surface area contributed by atoms with E-state index in [9.17, 15) is 4.79 Å². The van der Waals surface area contributed by atoms with Crippen molar-refractivity contribution < 1.29 is 14.3 Å². The van der Waals surface area contributed by atoms with Crippen LogP contribution in [-0.2, 0) is 4.74 Å². The molecule has 136 valence electrons. The minimum absolute atomic E-state index is 0.196. The first-order chi connectivity index (χ1) is 12.7. The Hall–Kier alpha value is -2.05. The van der Waals surface area contributed by atoms with Crippen molar-refractivity contribution in [3.63, 3.8) is 0 Å². The van der Waals surface area contributed by atoms with Crippen LogP contribution in [-0.4, -0.2) is 49.9 Å². The second-order valence-corrected chi connectivity index (χ2v) is 8.50. The van der Waals surface area contributed by atoms with E-state index >= 15 is 0 Å². The van der Waals surface area contributed by atoms with E-state index in [0.717, 1.165) is 53.7 Å². The average Bonchev–Trinajstić information content (AvgIpc) is 3.28. The number of benzene rings is 1.